The number of anilines is 1. The van der Waals surface area contributed by atoms with Crippen molar-refractivity contribution in [2.75, 3.05) is 38.6 Å². The minimum atomic E-state index is -0.296. The Hall–Kier alpha value is -1.30. The van der Waals surface area contributed by atoms with Crippen LogP contribution in [0.1, 0.15) is 6.42 Å². The van der Waals surface area contributed by atoms with E-state index < -0.39 is 0 Å². The molecule has 2 rings (SSSR count). The van der Waals surface area contributed by atoms with Gasteiger partial charge in [-0.05, 0) is 19.2 Å². The van der Waals surface area contributed by atoms with Gasteiger partial charge in [-0.3, -0.25) is 9.59 Å². The first-order valence-electron chi connectivity index (χ1n) is 6.99. The van der Waals surface area contributed by atoms with Crippen molar-refractivity contribution in [2.45, 2.75) is 6.42 Å². The molecule has 1 aromatic carbocycles. The first-order chi connectivity index (χ1) is 10.0. The van der Waals surface area contributed by atoms with Gasteiger partial charge in [0.2, 0.25) is 11.8 Å². The molecule has 0 radical (unpaired) electrons. The van der Waals surface area contributed by atoms with Crippen LogP contribution in [0.5, 0.6) is 0 Å². The van der Waals surface area contributed by atoms with Gasteiger partial charge in [0.1, 0.15) is 0 Å². The number of carbonyl (C=O) groups is 2. The molecule has 1 atom stereocenters. The van der Waals surface area contributed by atoms with Crippen molar-refractivity contribution in [1.29, 1.82) is 0 Å². The van der Waals surface area contributed by atoms with Crippen LogP contribution in [0, 0.1) is 5.92 Å². The lowest BCUT2D eigenvalue weighted by Crippen LogP contribution is -2.38. The lowest BCUT2D eigenvalue weighted by atomic mass is 10.1. The van der Waals surface area contributed by atoms with Crippen molar-refractivity contribution in [3.8, 4) is 0 Å². The number of nitrogens with one attached hydrogen (secondary N) is 1. The van der Waals surface area contributed by atoms with Crippen LogP contribution in [0.25, 0.3) is 0 Å². The van der Waals surface area contributed by atoms with Crippen molar-refractivity contribution < 1.29 is 9.59 Å². The predicted octanol–water partition coefficient (Wildman–Crippen LogP) is 1.79. The minimum Gasteiger partial charge on any atom is -0.344 e. The average Bonchev–Trinajstić information content (AvgIpc) is 2.86. The maximum atomic E-state index is 12.3. The molecule has 1 fully saturated rings. The standard InChI is InChI=1S/C15H20ClN3O2.ClH/c1-17-7-8-18(2)15(21)11-9-14(20)19(10-11)13-6-4-3-5-12(13)16;/h3-6,11,17H,7-10H2,1-2H3;1H. The molecule has 0 saturated carbocycles. The third kappa shape index (κ3) is 4.12. The van der Waals surface area contributed by atoms with Gasteiger partial charge in [-0.15, -0.1) is 12.4 Å². The first kappa shape index (κ1) is 18.7. The van der Waals surface area contributed by atoms with Gasteiger partial charge in [-0.2, -0.15) is 0 Å². The van der Waals surface area contributed by atoms with E-state index in [2.05, 4.69) is 5.32 Å². The van der Waals surface area contributed by atoms with Crippen LogP contribution >= 0.6 is 24.0 Å². The van der Waals surface area contributed by atoms with Crippen LogP contribution < -0.4 is 10.2 Å². The smallest absolute Gasteiger partial charge is 0.227 e. The van der Waals surface area contributed by atoms with E-state index in [1.807, 2.05) is 19.2 Å². The van der Waals surface area contributed by atoms with Gasteiger partial charge in [-0.25, -0.2) is 0 Å². The predicted molar refractivity (Wildman–Crippen MR) is 90.7 cm³/mol. The Morgan fingerprint density at radius 2 is 2.14 bits per heavy atom. The summed E-state index contributed by atoms with van der Waals surface area (Å²) >= 11 is 6.13. The quantitative estimate of drug-likeness (QED) is 0.885. The van der Waals surface area contributed by atoms with Gasteiger partial charge in [0.05, 0.1) is 16.6 Å². The van der Waals surface area contributed by atoms with Crippen molar-refractivity contribution >= 4 is 41.5 Å². The van der Waals surface area contributed by atoms with Gasteiger partial charge in [-0.1, -0.05) is 23.7 Å². The van der Waals surface area contributed by atoms with E-state index in [0.717, 1.165) is 6.54 Å². The van der Waals surface area contributed by atoms with Gasteiger partial charge >= 0.3 is 0 Å². The molecule has 0 aromatic heterocycles. The molecule has 1 aliphatic rings. The van der Waals surface area contributed by atoms with E-state index >= 15 is 0 Å². The van der Waals surface area contributed by atoms with Crippen molar-refractivity contribution in [3.05, 3.63) is 29.3 Å². The summed E-state index contributed by atoms with van der Waals surface area (Å²) in [7, 11) is 3.61. The summed E-state index contributed by atoms with van der Waals surface area (Å²) in [6.07, 6.45) is 0.244. The molecule has 0 bridgehead atoms. The van der Waals surface area contributed by atoms with Crippen LogP contribution in [0.3, 0.4) is 0 Å². The van der Waals surface area contributed by atoms with Crippen LogP contribution in [-0.4, -0.2) is 50.4 Å². The third-order valence-electron chi connectivity index (χ3n) is 3.69. The molecule has 1 unspecified atom stereocenters. The average molecular weight is 346 g/mol. The topological polar surface area (TPSA) is 52.7 Å². The second-order valence-corrected chi connectivity index (χ2v) is 5.63. The van der Waals surface area contributed by atoms with E-state index in [1.165, 1.54) is 0 Å². The second kappa shape index (κ2) is 8.36. The molecular formula is C15H21Cl2N3O2. The normalized spacial score (nSPS) is 17.3. The molecule has 0 aliphatic carbocycles. The summed E-state index contributed by atoms with van der Waals surface area (Å²) in [4.78, 5) is 27.8. The number of likely N-dealkylation sites (N-methyl/N-ethyl adjacent to an activating group) is 2. The highest BCUT2D eigenvalue weighted by Gasteiger charge is 2.36. The zero-order valence-corrected chi connectivity index (χ0v) is 14.3. The summed E-state index contributed by atoms with van der Waals surface area (Å²) < 4.78 is 0. The molecule has 1 heterocycles. The molecule has 5 nitrogen and oxygen atoms in total. The van der Waals surface area contributed by atoms with E-state index in [9.17, 15) is 9.59 Å². The van der Waals surface area contributed by atoms with Crippen molar-refractivity contribution in [2.24, 2.45) is 5.92 Å². The number of hydrogen-bond acceptors (Lipinski definition) is 3. The SMILES string of the molecule is CNCCN(C)C(=O)C1CC(=O)N(c2ccccc2Cl)C1.Cl. The Morgan fingerprint density at radius 1 is 1.45 bits per heavy atom. The van der Waals surface area contributed by atoms with Gasteiger partial charge < -0.3 is 15.1 Å². The number of halogens is 2. The molecule has 0 spiro atoms. The van der Waals surface area contributed by atoms with Crippen LogP contribution in [0.4, 0.5) is 5.69 Å². The molecule has 122 valence electrons. The lowest BCUT2D eigenvalue weighted by Gasteiger charge is -2.21. The Bertz CT molecular complexity index is 539. The summed E-state index contributed by atoms with van der Waals surface area (Å²) in [5, 5.41) is 3.54. The number of nitrogens with zero attached hydrogens (tertiary/aromatic N) is 2. The first-order valence-corrected chi connectivity index (χ1v) is 7.37. The fourth-order valence-corrected chi connectivity index (χ4v) is 2.72. The fourth-order valence-electron chi connectivity index (χ4n) is 2.48. The summed E-state index contributed by atoms with van der Waals surface area (Å²) in [5.74, 6) is -0.341. The molecule has 1 aromatic rings. The number of para-hydroxylation sites is 1. The van der Waals surface area contributed by atoms with Gasteiger partial charge in [0, 0.05) is 33.1 Å². The summed E-state index contributed by atoms with van der Waals surface area (Å²) in [5.41, 5.74) is 0.678. The van der Waals surface area contributed by atoms with Gasteiger partial charge in [0.25, 0.3) is 0 Å². The highest BCUT2D eigenvalue weighted by molar-refractivity contribution is 6.33. The van der Waals surface area contributed by atoms with E-state index in [0.29, 0.717) is 23.8 Å². The molecule has 1 N–H and O–H groups in total. The highest BCUT2D eigenvalue weighted by atomic mass is 35.5. The highest BCUT2D eigenvalue weighted by Crippen LogP contribution is 2.31. The van der Waals surface area contributed by atoms with E-state index in [4.69, 9.17) is 11.6 Å². The second-order valence-electron chi connectivity index (χ2n) is 5.22. The van der Waals surface area contributed by atoms with Gasteiger partial charge in [0.15, 0.2) is 0 Å². The monoisotopic (exact) mass is 345 g/mol. The fraction of sp³-hybridized carbons (Fsp3) is 0.467. The zero-order chi connectivity index (χ0) is 15.4. The van der Waals surface area contributed by atoms with Crippen LogP contribution in [-0.2, 0) is 9.59 Å². The molecular weight excluding hydrogens is 325 g/mol. The third-order valence-corrected chi connectivity index (χ3v) is 4.01. The van der Waals surface area contributed by atoms with Crippen LogP contribution in [0.2, 0.25) is 5.02 Å². The van der Waals surface area contributed by atoms with Crippen LogP contribution in [0.15, 0.2) is 24.3 Å². The Morgan fingerprint density at radius 3 is 2.77 bits per heavy atom. The zero-order valence-electron chi connectivity index (χ0n) is 12.7. The van der Waals surface area contributed by atoms with E-state index in [-0.39, 0.29) is 36.6 Å². The minimum absolute atomic E-state index is 0. The van der Waals surface area contributed by atoms with Crippen molar-refractivity contribution in [1.82, 2.24) is 10.2 Å². The molecule has 7 heteroatoms. The Balaban J connectivity index is 0.00000242. The number of rotatable bonds is 5. The maximum absolute atomic E-state index is 12.3. The van der Waals surface area contributed by atoms with Crippen molar-refractivity contribution in [3.63, 3.8) is 0 Å². The lowest BCUT2D eigenvalue weighted by molar-refractivity contribution is -0.134. The number of carbonyl (C=O) groups excluding carboxylic acids is 2. The molecule has 2 amide bonds. The summed E-state index contributed by atoms with van der Waals surface area (Å²) in [6, 6.07) is 7.21. The molecule has 1 saturated heterocycles. The summed E-state index contributed by atoms with van der Waals surface area (Å²) in [6.45, 7) is 1.76. The maximum Gasteiger partial charge on any atom is 0.227 e. The Labute approximate surface area is 142 Å². The molecule has 1 aliphatic heterocycles. The largest absolute Gasteiger partial charge is 0.344 e. The van der Waals surface area contributed by atoms with E-state index in [1.54, 1.807) is 29.0 Å². The number of amides is 2. The molecule has 22 heavy (non-hydrogen) atoms. The Kier molecular flexibility index (Phi) is 7.13. The number of benzene rings is 1. The number of hydrogen-bond donors (Lipinski definition) is 1.